The lowest BCUT2D eigenvalue weighted by atomic mass is 10.1. The van der Waals surface area contributed by atoms with Crippen LogP contribution in [0.15, 0.2) is 18.2 Å². The molecule has 0 spiro atoms. The van der Waals surface area contributed by atoms with E-state index >= 15 is 0 Å². The molecular formula is C18H28N4O2. The maximum atomic E-state index is 10.4. The normalized spacial score (nSPS) is 17.7. The monoisotopic (exact) mass is 332 g/mol. The van der Waals surface area contributed by atoms with Crippen LogP contribution < -0.4 is 4.74 Å². The van der Waals surface area contributed by atoms with Gasteiger partial charge in [-0.25, -0.2) is 0 Å². The summed E-state index contributed by atoms with van der Waals surface area (Å²) in [5, 5.41) is 19.4. The van der Waals surface area contributed by atoms with Crippen LogP contribution in [0.2, 0.25) is 0 Å². The van der Waals surface area contributed by atoms with Gasteiger partial charge in [0, 0.05) is 51.4 Å². The van der Waals surface area contributed by atoms with Crippen molar-refractivity contribution < 1.29 is 9.84 Å². The molecule has 1 aromatic rings. The highest BCUT2D eigenvalue weighted by Gasteiger charge is 2.18. The predicted molar refractivity (Wildman–Crippen MR) is 94.0 cm³/mol. The number of nitriles is 1. The van der Waals surface area contributed by atoms with Gasteiger partial charge in [0.05, 0.1) is 24.8 Å². The van der Waals surface area contributed by atoms with E-state index in [0.717, 1.165) is 37.5 Å². The van der Waals surface area contributed by atoms with Gasteiger partial charge in [0.25, 0.3) is 0 Å². The summed E-state index contributed by atoms with van der Waals surface area (Å²) in [6.07, 6.45) is -0.386. The number of nitrogens with zero attached hydrogens (tertiary/aromatic N) is 4. The van der Waals surface area contributed by atoms with E-state index in [4.69, 9.17) is 10.00 Å². The molecule has 132 valence electrons. The zero-order valence-electron chi connectivity index (χ0n) is 14.9. The number of β-amino-alcohol motifs (C(OH)–C–C–N with tert-alkyl or cyclic N) is 1. The van der Waals surface area contributed by atoms with Crippen molar-refractivity contribution >= 4 is 0 Å². The predicted octanol–water partition coefficient (Wildman–Crippen LogP) is 0.607. The largest absolute Gasteiger partial charge is 0.496 e. The quantitative estimate of drug-likeness (QED) is 0.789. The van der Waals surface area contributed by atoms with Crippen molar-refractivity contribution in [1.82, 2.24) is 14.7 Å². The zero-order chi connectivity index (χ0) is 17.5. The van der Waals surface area contributed by atoms with Crippen LogP contribution in [-0.2, 0) is 6.54 Å². The lowest BCUT2D eigenvalue weighted by Crippen LogP contribution is -2.48. The van der Waals surface area contributed by atoms with Crippen molar-refractivity contribution in [3.05, 3.63) is 29.3 Å². The third-order valence-electron chi connectivity index (χ3n) is 4.44. The number of hydrogen-bond donors (Lipinski definition) is 1. The zero-order valence-corrected chi connectivity index (χ0v) is 14.9. The molecule has 0 radical (unpaired) electrons. The van der Waals surface area contributed by atoms with Crippen LogP contribution in [0.1, 0.15) is 11.1 Å². The second-order valence-corrected chi connectivity index (χ2v) is 6.59. The molecule has 0 aliphatic carbocycles. The molecule has 1 atom stereocenters. The summed E-state index contributed by atoms with van der Waals surface area (Å²) in [4.78, 5) is 6.69. The smallest absolute Gasteiger partial charge is 0.123 e. The first-order valence-corrected chi connectivity index (χ1v) is 8.36. The Balaban J connectivity index is 1.86. The van der Waals surface area contributed by atoms with Gasteiger partial charge in [-0.2, -0.15) is 5.26 Å². The van der Waals surface area contributed by atoms with Crippen LogP contribution in [0.25, 0.3) is 0 Å². The second-order valence-electron chi connectivity index (χ2n) is 6.59. The Hall–Kier alpha value is -1.65. The van der Waals surface area contributed by atoms with Crippen molar-refractivity contribution in [2.24, 2.45) is 0 Å². The van der Waals surface area contributed by atoms with Crippen molar-refractivity contribution in [3.8, 4) is 11.8 Å². The standard InChI is InChI=1S/C18H28N4O2/c1-20-6-8-22(9-7-20)14-17(23)13-21(2)12-16-10-15(11-19)4-5-18(16)24-3/h4-5,10,17,23H,6-9,12-14H2,1-3H3. The van der Waals surface area contributed by atoms with Crippen molar-refractivity contribution in [1.29, 1.82) is 5.26 Å². The molecule has 0 saturated carbocycles. The van der Waals surface area contributed by atoms with E-state index in [0.29, 0.717) is 25.2 Å². The first kappa shape index (κ1) is 18.7. The number of hydrogen-bond acceptors (Lipinski definition) is 6. The minimum atomic E-state index is -0.386. The van der Waals surface area contributed by atoms with Gasteiger partial charge in [-0.15, -0.1) is 0 Å². The average Bonchev–Trinajstić information content (AvgIpc) is 2.56. The molecule has 1 N–H and O–H groups in total. The number of ether oxygens (including phenoxy) is 1. The fourth-order valence-corrected chi connectivity index (χ4v) is 3.07. The lowest BCUT2D eigenvalue weighted by molar-refractivity contribution is 0.0592. The molecule has 1 heterocycles. The third kappa shape index (κ3) is 5.46. The van der Waals surface area contributed by atoms with Crippen LogP contribution >= 0.6 is 0 Å². The molecule has 0 bridgehead atoms. The average molecular weight is 332 g/mol. The number of piperazine rings is 1. The van der Waals surface area contributed by atoms with Gasteiger partial charge in [0.1, 0.15) is 5.75 Å². The molecule has 0 aromatic heterocycles. The minimum Gasteiger partial charge on any atom is -0.496 e. The van der Waals surface area contributed by atoms with E-state index < -0.39 is 0 Å². The fraction of sp³-hybridized carbons (Fsp3) is 0.611. The third-order valence-corrected chi connectivity index (χ3v) is 4.44. The Bertz CT molecular complexity index is 565. The van der Waals surface area contributed by atoms with Crippen LogP contribution in [0.4, 0.5) is 0 Å². The Morgan fingerprint density at radius 2 is 2.04 bits per heavy atom. The van der Waals surface area contributed by atoms with E-state index in [1.165, 1.54) is 0 Å². The van der Waals surface area contributed by atoms with Gasteiger partial charge >= 0.3 is 0 Å². The van der Waals surface area contributed by atoms with Gasteiger partial charge in [-0.3, -0.25) is 9.80 Å². The van der Waals surface area contributed by atoms with E-state index in [1.807, 2.05) is 19.2 Å². The first-order chi connectivity index (χ1) is 11.5. The van der Waals surface area contributed by atoms with Gasteiger partial charge in [-0.05, 0) is 32.3 Å². The highest BCUT2D eigenvalue weighted by atomic mass is 16.5. The molecule has 1 unspecified atom stereocenters. The number of rotatable bonds is 7. The van der Waals surface area contributed by atoms with Crippen LogP contribution in [0.3, 0.4) is 0 Å². The molecule has 1 saturated heterocycles. The molecule has 0 amide bonds. The van der Waals surface area contributed by atoms with Crippen molar-refractivity contribution in [3.63, 3.8) is 0 Å². The molecule has 2 rings (SSSR count). The Labute approximate surface area is 144 Å². The van der Waals surface area contributed by atoms with Gasteiger partial charge < -0.3 is 14.7 Å². The SMILES string of the molecule is COc1ccc(C#N)cc1CN(C)CC(O)CN1CCN(C)CC1. The summed E-state index contributed by atoms with van der Waals surface area (Å²) in [5.41, 5.74) is 1.59. The maximum Gasteiger partial charge on any atom is 0.123 e. The minimum absolute atomic E-state index is 0.386. The molecule has 24 heavy (non-hydrogen) atoms. The fourth-order valence-electron chi connectivity index (χ4n) is 3.07. The number of benzene rings is 1. The topological polar surface area (TPSA) is 63.0 Å². The van der Waals surface area contributed by atoms with E-state index in [9.17, 15) is 5.11 Å². The Morgan fingerprint density at radius 3 is 2.67 bits per heavy atom. The number of methoxy groups -OCH3 is 1. The van der Waals surface area contributed by atoms with Crippen molar-refractivity contribution in [2.45, 2.75) is 12.6 Å². The number of aliphatic hydroxyl groups is 1. The Morgan fingerprint density at radius 1 is 1.33 bits per heavy atom. The van der Waals surface area contributed by atoms with Gasteiger partial charge in [0.15, 0.2) is 0 Å². The van der Waals surface area contributed by atoms with Crippen molar-refractivity contribution in [2.75, 3.05) is 60.5 Å². The van der Waals surface area contributed by atoms with Gasteiger partial charge in [0.2, 0.25) is 0 Å². The molecule has 1 aliphatic rings. The van der Waals surface area contributed by atoms with Crippen LogP contribution in [0, 0.1) is 11.3 Å². The summed E-state index contributed by atoms with van der Waals surface area (Å²) in [5.74, 6) is 0.773. The van der Waals surface area contributed by atoms with Crippen LogP contribution in [-0.4, -0.2) is 86.4 Å². The molecule has 1 aromatic carbocycles. The molecular weight excluding hydrogens is 304 g/mol. The van der Waals surface area contributed by atoms with Gasteiger partial charge in [-0.1, -0.05) is 0 Å². The van der Waals surface area contributed by atoms with E-state index in [-0.39, 0.29) is 6.10 Å². The lowest BCUT2D eigenvalue weighted by Gasteiger charge is -2.34. The summed E-state index contributed by atoms with van der Waals surface area (Å²) in [7, 11) is 5.74. The number of aliphatic hydroxyl groups excluding tert-OH is 1. The summed E-state index contributed by atoms with van der Waals surface area (Å²) >= 11 is 0. The highest BCUT2D eigenvalue weighted by Crippen LogP contribution is 2.21. The summed E-state index contributed by atoms with van der Waals surface area (Å²) in [6, 6.07) is 7.58. The summed E-state index contributed by atoms with van der Waals surface area (Å²) in [6.45, 7) is 6.06. The summed E-state index contributed by atoms with van der Waals surface area (Å²) < 4.78 is 5.37. The van der Waals surface area contributed by atoms with E-state index in [1.54, 1.807) is 13.2 Å². The molecule has 6 nitrogen and oxygen atoms in total. The van der Waals surface area contributed by atoms with E-state index in [2.05, 4.69) is 27.8 Å². The Kier molecular flexibility index (Phi) is 7.00. The maximum absolute atomic E-state index is 10.4. The van der Waals surface area contributed by atoms with Crippen LogP contribution in [0.5, 0.6) is 5.75 Å². The number of likely N-dealkylation sites (N-methyl/N-ethyl adjacent to an activating group) is 2. The molecule has 6 heteroatoms. The second kappa shape index (κ2) is 9.00. The molecule has 1 aliphatic heterocycles. The highest BCUT2D eigenvalue weighted by molar-refractivity contribution is 5.42. The first-order valence-electron chi connectivity index (χ1n) is 8.36. The molecule has 1 fully saturated rings.